The number of hydrogen-bond donors (Lipinski definition) is 0. The number of hydrogen-bond acceptors (Lipinski definition) is 0. The second kappa shape index (κ2) is 2.99. The van der Waals surface area contributed by atoms with Gasteiger partial charge in [0, 0.05) is 6.42 Å². The number of allylic oxidation sites excluding steroid dienone is 4. The fraction of sp³-hybridized carbons (Fsp3) is 0.667. The lowest BCUT2D eigenvalue weighted by Gasteiger charge is -2.16. The van der Waals surface area contributed by atoms with Gasteiger partial charge in [0.05, 0.1) is 0 Å². The smallest absolute Gasteiger partial charge is 0.0116 e. The Morgan fingerprint density at radius 3 is 1.60 bits per heavy atom. The van der Waals surface area contributed by atoms with Crippen LogP contribution in [0, 0.1) is 18.3 Å². The average molecular weight is 199 g/mol. The molecule has 0 heteroatoms. The fourth-order valence-corrected chi connectivity index (χ4v) is 4.24. The quantitative estimate of drug-likeness (QED) is 0.625. The Hall–Kier alpha value is -0.520. The molecule has 0 aliphatic heterocycles. The van der Waals surface area contributed by atoms with Crippen molar-refractivity contribution in [1.82, 2.24) is 0 Å². The van der Waals surface area contributed by atoms with E-state index in [0.29, 0.717) is 0 Å². The van der Waals surface area contributed by atoms with E-state index in [1.54, 1.807) is 11.1 Å². The summed E-state index contributed by atoms with van der Waals surface area (Å²) >= 11 is 0. The molecule has 15 heavy (non-hydrogen) atoms. The summed E-state index contributed by atoms with van der Waals surface area (Å²) in [5.74, 6) is 2.07. The molecular formula is C15H19. The summed E-state index contributed by atoms with van der Waals surface area (Å²) in [6, 6.07) is 0. The Morgan fingerprint density at radius 2 is 1.27 bits per heavy atom. The minimum atomic E-state index is 1.04. The van der Waals surface area contributed by atoms with E-state index in [2.05, 4.69) is 6.42 Å². The van der Waals surface area contributed by atoms with Crippen molar-refractivity contribution >= 4 is 0 Å². The zero-order valence-electron chi connectivity index (χ0n) is 9.39. The lowest BCUT2D eigenvalue weighted by molar-refractivity contribution is 0.555. The predicted molar refractivity (Wildman–Crippen MR) is 62.3 cm³/mol. The van der Waals surface area contributed by atoms with E-state index in [4.69, 9.17) is 0 Å². The summed E-state index contributed by atoms with van der Waals surface area (Å²) < 4.78 is 0. The normalized spacial score (nSPS) is 37.6. The van der Waals surface area contributed by atoms with Gasteiger partial charge in [0.1, 0.15) is 0 Å². The molecule has 2 unspecified atom stereocenters. The highest BCUT2D eigenvalue weighted by Crippen LogP contribution is 2.50. The first-order chi connectivity index (χ1) is 7.38. The molecule has 79 valence electrons. The highest BCUT2D eigenvalue weighted by Gasteiger charge is 2.34. The van der Waals surface area contributed by atoms with Crippen molar-refractivity contribution in [1.29, 1.82) is 0 Å². The molecule has 4 aliphatic rings. The van der Waals surface area contributed by atoms with Crippen molar-refractivity contribution in [3.63, 3.8) is 0 Å². The van der Waals surface area contributed by atoms with Crippen LogP contribution in [-0.2, 0) is 0 Å². The molecule has 0 aromatic heterocycles. The molecule has 0 aromatic rings. The van der Waals surface area contributed by atoms with Crippen LogP contribution in [0.1, 0.15) is 51.4 Å². The standard InChI is InChI=1S/C15H19/c1-3-12-5-10(1)7-14(12)9-15-8-11-2-4-13(15)6-11/h9-11H,1-8H2. The van der Waals surface area contributed by atoms with E-state index in [0.717, 1.165) is 11.8 Å². The lowest BCUT2D eigenvalue weighted by atomic mass is 9.89. The van der Waals surface area contributed by atoms with Gasteiger partial charge in [0.25, 0.3) is 0 Å². The SMILES string of the molecule is [CH](C1=C2CCC(C1)C2)C1=C2CCC(C1)C2. The maximum atomic E-state index is 2.60. The second-order valence-electron chi connectivity index (χ2n) is 6.03. The summed E-state index contributed by atoms with van der Waals surface area (Å²) in [5.41, 5.74) is 7.13. The van der Waals surface area contributed by atoms with E-state index < -0.39 is 0 Å². The van der Waals surface area contributed by atoms with Crippen molar-refractivity contribution in [2.75, 3.05) is 0 Å². The van der Waals surface area contributed by atoms with Crippen LogP contribution in [0.3, 0.4) is 0 Å². The third-order valence-corrected chi connectivity index (χ3v) is 5.05. The van der Waals surface area contributed by atoms with Crippen LogP contribution < -0.4 is 0 Å². The van der Waals surface area contributed by atoms with Gasteiger partial charge in [-0.05, 0) is 63.2 Å². The molecule has 0 saturated heterocycles. The maximum Gasteiger partial charge on any atom is 0.0116 e. The summed E-state index contributed by atoms with van der Waals surface area (Å²) in [6.45, 7) is 0. The van der Waals surface area contributed by atoms with Crippen LogP contribution in [0.25, 0.3) is 0 Å². The Kier molecular flexibility index (Phi) is 1.72. The molecule has 2 atom stereocenters. The van der Waals surface area contributed by atoms with Crippen LogP contribution in [0.2, 0.25) is 0 Å². The average Bonchev–Trinajstić information content (AvgIpc) is 2.96. The van der Waals surface area contributed by atoms with Gasteiger partial charge in [-0.1, -0.05) is 22.3 Å². The summed E-state index contributed by atoms with van der Waals surface area (Å²) in [4.78, 5) is 0. The van der Waals surface area contributed by atoms with Gasteiger partial charge in [-0.3, -0.25) is 0 Å². The maximum absolute atomic E-state index is 2.60. The Bertz CT molecular complexity index is 333. The third kappa shape index (κ3) is 1.26. The monoisotopic (exact) mass is 199 g/mol. The van der Waals surface area contributed by atoms with Crippen LogP contribution in [0.5, 0.6) is 0 Å². The fourth-order valence-electron chi connectivity index (χ4n) is 4.24. The highest BCUT2D eigenvalue weighted by atomic mass is 14.4. The van der Waals surface area contributed by atoms with Crippen molar-refractivity contribution in [3.05, 3.63) is 28.7 Å². The van der Waals surface area contributed by atoms with E-state index in [1.807, 2.05) is 11.1 Å². The van der Waals surface area contributed by atoms with Crippen molar-refractivity contribution in [2.24, 2.45) is 11.8 Å². The van der Waals surface area contributed by atoms with Crippen LogP contribution >= 0.6 is 0 Å². The van der Waals surface area contributed by atoms with Crippen LogP contribution in [-0.4, -0.2) is 0 Å². The summed E-state index contributed by atoms with van der Waals surface area (Å²) in [7, 11) is 0. The van der Waals surface area contributed by atoms with E-state index in [9.17, 15) is 0 Å². The first-order valence-electron chi connectivity index (χ1n) is 6.65. The van der Waals surface area contributed by atoms with Gasteiger partial charge < -0.3 is 0 Å². The summed E-state index contributed by atoms with van der Waals surface area (Å²) in [6.07, 6.45) is 14.1. The molecule has 4 bridgehead atoms. The van der Waals surface area contributed by atoms with Crippen LogP contribution in [0.15, 0.2) is 22.3 Å². The molecular weight excluding hydrogens is 180 g/mol. The third-order valence-electron chi connectivity index (χ3n) is 5.05. The Labute approximate surface area is 92.4 Å². The van der Waals surface area contributed by atoms with E-state index in [-0.39, 0.29) is 0 Å². The lowest BCUT2D eigenvalue weighted by Crippen LogP contribution is -2.00. The minimum Gasteiger partial charge on any atom is -0.0701 e. The zero-order valence-corrected chi connectivity index (χ0v) is 9.39. The molecule has 0 nitrogen and oxygen atoms in total. The van der Waals surface area contributed by atoms with Gasteiger partial charge in [-0.25, -0.2) is 0 Å². The van der Waals surface area contributed by atoms with Gasteiger partial charge >= 0.3 is 0 Å². The van der Waals surface area contributed by atoms with E-state index >= 15 is 0 Å². The van der Waals surface area contributed by atoms with Crippen molar-refractivity contribution < 1.29 is 0 Å². The number of fused-ring (bicyclic) bond motifs is 4. The first-order valence-corrected chi connectivity index (χ1v) is 6.65. The minimum absolute atomic E-state index is 1.04. The molecule has 0 heterocycles. The second-order valence-corrected chi connectivity index (χ2v) is 6.03. The molecule has 0 aromatic carbocycles. The zero-order chi connectivity index (χ0) is 9.83. The van der Waals surface area contributed by atoms with Gasteiger partial charge in [0.2, 0.25) is 0 Å². The Balaban J connectivity index is 1.57. The van der Waals surface area contributed by atoms with Gasteiger partial charge in [0.15, 0.2) is 0 Å². The molecule has 2 fully saturated rings. The molecule has 0 amide bonds. The molecule has 0 N–H and O–H groups in total. The Morgan fingerprint density at radius 1 is 0.733 bits per heavy atom. The van der Waals surface area contributed by atoms with Crippen LogP contribution in [0.4, 0.5) is 0 Å². The van der Waals surface area contributed by atoms with E-state index in [1.165, 1.54) is 51.4 Å². The first kappa shape index (κ1) is 8.61. The molecule has 1 radical (unpaired) electrons. The summed E-state index contributed by atoms with van der Waals surface area (Å²) in [5, 5.41) is 0. The predicted octanol–water partition coefficient (Wildman–Crippen LogP) is 4.19. The topological polar surface area (TPSA) is 0 Å². The molecule has 2 saturated carbocycles. The number of rotatable bonds is 2. The largest absolute Gasteiger partial charge is 0.0701 e. The van der Waals surface area contributed by atoms with Crippen molar-refractivity contribution in [3.8, 4) is 0 Å². The molecule has 0 spiro atoms. The molecule has 4 aliphatic carbocycles. The van der Waals surface area contributed by atoms with Gasteiger partial charge in [-0.2, -0.15) is 0 Å². The molecule has 4 rings (SSSR count). The van der Waals surface area contributed by atoms with Gasteiger partial charge in [-0.15, -0.1) is 0 Å². The van der Waals surface area contributed by atoms with Crippen molar-refractivity contribution in [2.45, 2.75) is 51.4 Å². The highest BCUT2D eigenvalue weighted by molar-refractivity contribution is 5.43.